The number of hydrogen-bond acceptors (Lipinski definition) is 3. The molecule has 1 rings (SSSR count). The van der Waals surface area contributed by atoms with E-state index in [1.54, 1.807) is 7.11 Å². The van der Waals surface area contributed by atoms with E-state index in [2.05, 4.69) is 0 Å². The Morgan fingerprint density at radius 1 is 1.25 bits per heavy atom. The molecule has 3 nitrogen and oxygen atoms in total. The van der Waals surface area contributed by atoms with E-state index in [4.69, 9.17) is 9.47 Å². The number of benzene rings is 1. The van der Waals surface area contributed by atoms with E-state index in [9.17, 15) is 4.79 Å². The first-order chi connectivity index (χ1) is 7.66. The maximum atomic E-state index is 12.0. The van der Waals surface area contributed by atoms with E-state index < -0.39 is 6.10 Å². The molecule has 0 saturated heterocycles. The minimum Gasteiger partial charge on any atom is -0.359 e. The summed E-state index contributed by atoms with van der Waals surface area (Å²) in [5.74, 6) is 0.0188. The fourth-order valence-electron chi connectivity index (χ4n) is 1.41. The SMILES string of the molecule is COCOC(C(=O)C(C)C)c1ccccc1. The molecule has 0 fully saturated rings. The Kier molecular flexibility index (Phi) is 5.15. The second kappa shape index (κ2) is 6.40. The van der Waals surface area contributed by atoms with E-state index in [-0.39, 0.29) is 18.5 Å². The molecule has 1 aromatic carbocycles. The van der Waals surface area contributed by atoms with Crippen molar-refractivity contribution in [3.8, 4) is 0 Å². The van der Waals surface area contributed by atoms with Crippen molar-refractivity contribution in [2.24, 2.45) is 5.92 Å². The van der Waals surface area contributed by atoms with Crippen LogP contribution in [0.4, 0.5) is 0 Å². The highest BCUT2D eigenvalue weighted by atomic mass is 16.7. The number of carbonyl (C=O) groups excluding carboxylic acids is 1. The lowest BCUT2D eigenvalue weighted by Crippen LogP contribution is -2.21. The van der Waals surface area contributed by atoms with Crippen LogP contribution in [0.2, 0.25) is 0 Å². The molecule has 0 aliphatic carbocycles. The van der Waals surface area contributed by atoms with E-state index in [1.165, 1.54) is 0 Å². The fraction of sp³-hybridized carbons (Fsp3) is 0.462. The van der Waals surface area contributed by atoms with Crippen LogP contribution in [0.5, 0.6) is 0 Å². The first kappa shape index (κ1) is 12.9. The lowest BCUT2D eigenvalue weighted by Gasteiger charge is -2.18. The zero-order valence-corrected chi connectivity index (χ0v) is 9.97. The zero-order valence-electron chi connectivity index (χ0n) is 9.97. The number of ketones is 1. The van der Waals surface area contributed by atoms with Crippen molar-refractivity contribution < 1.29 is 14.3 Å². The lowest BCUT2D eigenvalue weighted by molar-refractivity contribution is -0.143. The largest absolute Gasteiger partial charge is 0.359 e. The maximum Gasteiger partial charge on any atom is 0.168 e. The van der Waals surface area contributed by atoms with Crippen molar-refractivity contribution in [1.29, 1.82) is 0 Å². The molecule has 0 aliphatic rings. The molecule has 0 amide bonds. The molecule has 0 spiro atoms. The Balaban J connectivity index is 2.83. The van der Waals surface area contributed by atoms with Gasteiger partial charge in [0, 0.05) is 13.0 Å². The van der Waals surface area contributed by atoms with E-state index in [1.807, 2.05) is 44.2 Å². The zero-order chi connectivity index (χ0) is 12.0. The van der Waals surface area contributed by atoms with Crippen LogP contribution in [0.15, 0.2) is 30.3 Å². The second-order valence-corrected chi connectivity index (χ2v) is 3.92. The van der Waals surface area contributed by atoms with Crippen LogP contribution in [0.1, 0.15) is 25.5 Å². The number of ether oxygens (including phenoxy) is 2. The van der Waals surface area contributed by atoms with Gasteiger partial charge in [-0.25, -0.2) is 0 Å². The molecule has 1 aromatic rings. The summed E-state index contributed by atoms with van der Waals surface area (Å²) < 4.78 is 10.3. The number of Topliss-reactive ketones (excluding diaryl/α,β-unsaturated/α-hetero) is 1. The van der Waals surface area contributed by atoms with Crippen LogP contribution in [-0.2, 0) is 14.3 Å². The van der Waals surface area contributed by atoms with Gasteiger partial charge in [-0.05, 0) is 5.56 Å². The summed E-state index contributed by atoms with van der Waals surface area (Å²) in [6.07, 6.45) is -0.527. The van der Waals surface area contributed by atoms with Gasteiger partial charge in [0.15, 0.2) is 5.78 Å². The first-order valence-electron chi connectivity index (χ1n) is 5.36. The maximum absolute atomic E-state index is 12.0. The van der Waals surface area contributed by atoms with E-state index in [0.29, 0.717) is 0 Å². The van der Waals surface area contributed by atoms with Crippen LogP contribution in [0.25, 0.3) is 0 Å². The molecule has 0 N–H and O–H groups in total. The quantitative estimate of drug-likeness (QED) is 0.694. The highest BCUT2D eigenvalue weighted by Gasteiger charge is 2.23. The fourth-order valence-corrected chi connectivity index (χ4v) is 1.41. The van der Waals surface area contributed by atoms with Crippen molar-refractivity contribution in [2.75, 3.05) is 13.9 Å². The highest BCUT2D eigenvalue weighted by Crippen LogP contribution is 2.21. The Morgan fingerprint density at radius 2 is 1.88 bits per heavy atom. The molecule has 0 radical (unpaired) electrons. The molecule has 16 heavy (non-hydrogen) atoms. The monoisotopic (exact) mass is 222 g/mol. The van der Waals surface area contributed by atoms with Crippen molar-refractivity contribution in [2.45, 2.75) is 20.0 Å². The summed E-state index contributed by atoms with van der Waals surface area (Å²) in [6, 6.07) is 9.48. The van der Waals surface area contributed by atoms with E-state index in [0.717, 1.165) is 5.56 Å². The van der Waals surface area contributed by atoms with Gasteiger partial charge in [0.05, 0.1) is 0 Å². The van der Waals surface area contributed by atoms with Crippen LogP contribution >= 0.6 is 0 Å². The lowest BCUT2D eigenvalue weighted by atomic mass is 9.98. The second-order valence-electron chi connectivity index (χ2n) is 3.92. The Morgan fingerprint density at radius 3 is 2.38 bits per heavy atom. The third-order valence-electron chi connectivity index (χ3n) is 2.28. The minimum absolute atomic E-state index is 0.0536. The van der Waals surface area contributed by atoms with Gasteiger partial charge in [-0.1, -0.05) is 44.2 Å². The minimum atomic E-state index is -0.527. The van der Waals surface area contributed by atoms with Gasteiger partial charge < -0.3 is 9.47 Å². The topological polar surface area (TPSA) is 35.5 Å². The van der Waals surface area contributed by atoms with Crippen molar-refractivity contribution in [1.82, 2.24) is 0 Å². The number of methoxy groups -OCH3 is 1. The van der Waals surface area contributed by atoms with Crippen LogP contribution in [0, 0.1) is 5.92 Å². The third kappa shape index (κ3) is 3.43. The van der Waals surface area contributed by atoms with Crippen LogP contribution < -0.4 is 0 Å². The summed E-state index contributed by atoms with van der Waals surface area (Å²) in [7, 11) is 1.54. The average Bonchev–Trinajstić information content (AvgIpc) is 2.30. The molecular formula is C13H18O3. The van der Waals surface area contributed by atoms with E-state index >= 15 is 0 Å². The van der Waals surface area contributed by atoms with Crippen molar-refractivity contribution >= 4 is 5.78 Å². The van der Waals surface area contributed by atoms with Crippen molar-refractivity contribution in [3.63, 3.8) is 0 Å². The summed E-state index contributed by atoms with van der Waals surface area (Å²) in [6.45, 7) is 3.86. The van der Waals surface area contributed by atoms with Crippen LogP contribution in [0.3, 0.4) is 0 Å². The highest BCUT2D eigenvalue weighted by molar-refractivity contribution is 5.86. The van der Waals surface area contributed by atoms with Gasteiger partial charge in [0.2, 0.25) is 0 Å². The number of carbonyl (C=O) groups is 1. The Hall–Kier alpha value is -1.19. The molecule has 1 unspecified atom stereocenters. The average molecular weight is 222 g/mol. The van der Waals surface area contributed by atoms with Gasteiger partial charge >= 0.3 is 0 Å². The van der Waals surface area contributed by atoms with Crippen molar-refractivity contribution in [3.05, 3.63) is 35.9 Å². The summed E-state index contributed by atoms with van der Waals surface area (Å²) in [5.41, 5.74) is 0.873. The number of hydrogen-bond donors (Lipinski definition) is 0. The summed E-state index contributed by atoms with van der Waals surface area (Å²) in [5, 5.41) is 0. The molecule has 0 aromatic heterocycles. The molecule has 88 valence electrons. The van der Waals surface area contributed by atoms with Gasteiger partial charge in [-0.2, -0.15) is 0 Å². The molecule has 0 saturated carbocycles. The smallest absolute Gasteiger partial charge is 0.168 e. The predicted molar refractivity (Wildman–Crippen MR) is 62.0 cm³/mol. The Labute approximate surface area is 96.4 Å². The third-order valence-corrected chi connectivity index (χ3v) is 2.28. The van der Waals surface area contributed by atoms with Crippen LogP contribution in [-0.4, -0.2) is 19.7 Å². The van der Waals surface area contributed by atoms with Gasteiger partial charge in [-0.3, -0.25) is 4.79 Å². The normalized spacial score (nSPS) is 12.8. The molecule has 0 heterocycles. The standard InChI is InChI=1S/C13H18O3/c1-10(2)12(14)13(16-9-15-3)11-7-5-4-6-8-11/h4-8,10,13H,9H2,1-3H3. The number of rotatable bonds is 6. The molecule has 1 atom stereocenters. The molecule has 0 aliphatic heterocycles. The van der Waals surface area contributed by atoms with Gasteiger partial charge in [-0.15, -0.1) is 0 Å². The Bertz CT molecular complexity index is 319. The van der Waals surface area contributed by atoms with Gasteiger partial charge in [0.25, 0.3) is 0 Å². The predicted octanol–water partition coefficient (Wildman–Crippen LogP) is 2.57. The molecule has 3 heteroatoms. The molecular weight excluding hydrogens is 204 g/mol. The molecule has 0 bridgehead atoms. The first-order valence-corrected chi connectivity index (χ1v) is 5.36. The van der Waals surface area contributed by atoms with Gasteiger partial charge in [0.1, 0.15) is 12.9 Å². The summed E-state index contributed by atoms with van der Waals surface area (Å²) in [4.78, 5) is 12.0. The summed E-state index contributed by atoms with van der Waals surface area (Å²) >= 11 is 0.